The van der Waals surface area contributed by atoms with E-state index in [0.29, 0.717) is 40.6 Å². The molecule has 4 rings (SSSR count). The lowest BCUT2D eigenvalue weighted by Crippen LogP contribution is -2.46. The molecule has 2 N–H and O–H groups in total. The summed E-state index contributed by atoms with van der Waals surface area (Å²) in [6.07, 6.45) is 2.34. The molecule has 1 aromatic heterocycles. The summed E-state index contributed by atoms with van der Waals surface area (Å²) in [4.78, 5) is 12.8. The van der Waals surface area contributed by atoms with Crippen molar-refractivity contribution in [1.29, 1.82) is 0 Å². The van der Waals surface area contributed by atoms with Gasteiger partial charge in [0.25, 0.3) is 5.91 Å². The van der Waals surface area contributed by atoms with Gasteiger partial charge in [-0.3, -0.25) is 9.89 Å². The Bertz CT molecular complexity index is 1350. The zero-order valence-electron chi connectivity index (χ0n) is 22.1. The number of aromatic amines is 1. The molecule has 3 aromatic rings. The van der Waals surface area contributed by atoms with Crippen molar-refractivity contribution >= 4 is 21.7 Å². The topological polar surface area (TPSA) is 123 Å². The Morgan fingerprint density at radius 2 is 1.74 bits per heavy atom. The number of amides is 1. The highest BCUT2D eigenvalue weighted by atomic mass is 32.2. The predicted octanol–water partition coefficient (Wildman–Crippen LogP) is 3.91. The second-order valence-electron chi connectivity index (χ2n) is 9.31. The monoisotopic (exact) mass is 542 g/mol. The third-order valence-corrected chi connectivity index (χ3v) is 8.86. The van der Waals surface area contributed by atoms with Gasteiger partial charge in [0.05, 0.1) is 31.4 Å². The van der Waals surface area contributed by atoms with Gasteiger partial charge in [0.1, 0.15) is 18.1 Å². The SMILES string of the molecule is COc1ccc(-c2cc(NC(=O)COCC3CCCCN3S(=O)(=O)c3c(C)cc(OC)cc3C)n[nH]2)cc1. The van der Waals surface area contributed by atoms with Crippen molar-refractivity contribution in [3.63, 3.8) is 0 Å². The first-order chi connectivity index (χ1) is 18.2. The number of nitrogens with zero attached hydrogens (tertiary/aromatic N) is 2. The molecule has 1 aliphatic rings. The van der Waals surface area contributed by atoms with Gasteiger partial charge in [0.2, 0.25) is 10.0 Å². The van der Waals surface area contributed by atoms with Crippen LogP contribution in [0.5, 0.6) is 11.5 Å². The summed E-state index contributed by atoms with van der Waals surface area (Å²) in [6, 6.07) is 12.3. The number of ether oxygens (including phenoxy) is 3. The van der Waals surface area contributed by atoms with Crippen LogP contribution in [0.25, 0.3) is 11.3 Å². The highest BCUT2D eigenvalue weighted by molar-refractivity contribution is 7.89. The lowest BCUT2D eigenvalue weighted by Gasteiger charge is -2.35. The molecule has 38 heavy (non-hydrogen) atoms. The summed E-state index contributed by atoms with van der Waals surface area (Å²) in [5.41, 5.74) is 2.92. The number of H-pyrrole nitrogens is 1. The van der Waals surface area contributed by atoms with Crippen LogP contribution in [0.15, 0.2) is 47.4 Å². The molecule has 0 saturated carbocycles. The van der Waals surface area contributed by atoms with Gasteiger partial charge in [0.15, 0.2) is 5.82 Å². The molecule has 1 saturated heterocycles. The Labute approximate surface area is 223 Å². The number of sulfonamides is 1. The number of aromatic nitrogens is 2. The van der Waals surface area contributed by atoms with E-state index in [1.54, 1.807) is 46.3 Å². The Morgan fingerprint density at radius 1 is 1.05 bits per heavy atom. The van der Waals surface area contributed by atoms with Crippen molar-refractivity contribution in [2.75, 3.05) is 39.3 Å². The molecular weight excluding hydrogens is 508 g/mol. The number of benzene rings is 2. The minimum Gasteiger partial charge on any atom is -0.497 e. The van der Waals surface area contributed by atoms with Crippen LogP contribution in [0.4, 0.5) is 5.82 Å². The van der Waals surface area contributed by atoms with Crippen LogP contribution < -0.4 is 14.8 Å². The van der Waals surface area contributed by atoms with E-state index in [1.165, 1.54) is 4.31 Å². The Kier molecular flexibility index (Phi) is 8.70. The number of carbonyl (C=O) groups is 1. The molecule has 1 amide bonds. The number of hydrogen-bond acceptors (Lipinski definition) is 7. The van der Waals surface area contributed by atoms with Crippen molar-refractivity contribution < 1.29 is 27.4 Å². The smallest absolute Gasteiger partial charge is 0.251 e. The fourth-order valence-electron chi connectivity index (χ4n) is 4.78. The Morgan fingerprint density at radius 3 is 2.39 bits per heavy atom. The lowest BCUT2D eigenvalue weighted by molar-refractivity contribution is -0.121. The van der Waals surface area contributed by atoms with E-state index in [4.69, 9.17) is 14.2 Å². The highest BCUT2D eigenvalue weighted by Gasteiger charge is 2.35. The van der Waals surface area contributed by atoms with Crippen molar-refractivity contribution in [2.45, 2.75) is 44.0 Å². The second-order valence-corrected chi connectivity index (χ2v) is 11.1. The van der Waals surface area contributed by atoms with Crippen LogP contribution in [-0.2, 0) is 19.6 Å². The number of aryl methyl sites for hydroxylation is 2. The summed E-state index contributed by atoms with van der Waals surface area (Å²) < 4.78 is 45.0. The van der Waals surface area contributed by atoms with E-state index in [1.807, 2.05) is 24.3 Å². The zero-order valence-corrected chi connectivity index (χ0v) is 22.9. The van der Waals surface area contributed by atoms with Gasteiger partial charge in [-0.05, 0) is 79.8 Å². The van der Waals surface area contributed by atoms with E-state index in [2.05, 4.69) is 15.5 Å². The minimum atomic E-state index is -3.75. The molecule has 1 unspecified atom stereocenters. The van der Waals surface area contributed by atoms with Gasteiger partial charge >= 0.3 is 0 Å². The molecule has 204 valence electrons. The van der Waals surface area contributed by atoms with Crippen molar-refractivity contribution in [3.05, 3.63) is 53.6 Å². The van der Waals surface area contributed by atoms with Crippen LogP contribution in [0.1, 0.15) is 30.4 Å². The molecule has 0 bridgehead atoms. The maximum absolute atomic E-state index is 13.7. The quantitative estimate of drug-likeness (QED) is 0.398. The van der Waals surface area contributed by atoms with Crippen molar-refractivity contribution in [2.24, 2.45) is 0 Å². The maximum atomic E-state index is 13.7. The van der Waals surface area contributed by atoms with Gasteiger partial charge < -0.3 is 19.5 Å². The first-order valence-corrected chi connectivity index (χ1v) is 13.9. The first-order valence-electron chi connectivity index (χ1n) is 12.5. The maximum Gasteiger partial charge on any atom is 0.251 e. The standard InChI is InChI=1S/C27H34N4O6S/c1-18-13-23(36-4)14-19(2)27(18)38(33,34)31-12-6-5-7-21(31)16-37-17-26(32)28-25-15-24(29-30-25)20-8-10-22(35-3)11-9-20/h8-11,13-15,21H,5-7,12,16-17H2,1-4H3,(H2,28,29,30,32). The molecule has 2 aromatic carbocycles. The van der Waals surface area contributed by atoms with Gasteiger partial charge in [-0.2, -0.15) is 9.40 Å². The summed E-state index contributed by atoms with van der Waals surface area (Å²) in [6.45, 7) is 3.87. The molecular formula is C27H34N4O6S. The largest absolute Gasteiger partial charge is 0.497 e. The molecule has 1 aliphatic heterocycles. The van der Waals surface area contributed by atoms with E-state index >= 15 is 0 Å². The average Bonchev–Trinajstić information content (AvgIpc) is 3.36. The molecule has 1 atom stereocenters. The Balaban J connectivity index is 1.36. The third-order valence-electron chi connectivity index (χ3n) is 6.60. The molecule has 2 heterocycles. The number of anilines is 1. The van der Waals surface area contributed by atoms with E-state index < -0.39 is 10.0 Å². The highest BCUT2D eigenvalue weighted by Crippen LogP contribution is 2.32. The molecule has 10 nitrogen and oxygen atoms in total. The number of carbonyl (C=O) groups excluding carboxylic acids is 1. The van der Waals surface area contributed by atoms with E-state index in [-0.39, 0.29) is 25.2 Å². The molecule has 0 radical (unpaired) electrons. The number of piperidine rings is 1. The van der Waals surface area contributed by atoms with Gasteiger partial charge in [0, 0.05) is 18.7 Å². The number of methoxy groups -OCH3 is 2. The number of hydrogen-bond donors (Lipinski definition) is 2. The van der Waals surface area contributed by atoms with Gasteiger partial charge in [-0.1, -0.05) is 6.42 Å². The lowest BCUT2D eigenvalue weighted by atomic mass is 10.1. The number of rotatable bonds is 10. The van der Waals surface area contributed by atoms with Crippen LogP contribution in [-0.4, -0.2) is 68.8 Å². The minimum absolute atomic E-state index is 0.124. The first kappa shape index (κ1) is 27.6. The van der Waals surface area contributed by atoms with Gasteiger partial charge in [-0.25, -0.2) is 8.42 Å². The molecule has 1 fully saturated rings. The zero-order chi connectivity index (χ0) is 27.3. The van der Waals surface area contributed by atoms with Crippen LogP contribution >= 0.6 is 0 Å². The summed E-state index contributed by atoms with van der Waals surface area (Å²) in [5.74, 6) is 1.37. The Hall–Kier alpha value is -3.41. The predicted molar refractivity (Wildman–Crippen MR) is 144 cm³/mol. The van der Waals surface area contributed by atoms with Crippen molar-refractivity contribution in [1.82, 2.24) is 14.5 Å². The van der Waals surface area contributed by atoms with Crippen LogP contribution in [0, 0.1) is 13.8 Å². The molecule has 0 aliphatic carbocycles. The average molecular weight is 543 g/mol. The van der Waals surface area contributed by atoms with Gasteiger partial charge in [-0.15, -0.1) is 0 Å². The summed E-state index contributed by atoms with van der Waals surface area (Å²) in [5, 5.41) is 9.75. The normalized spacial score (nSPS) is 16.3. The van der Waals surface area contributed by atoms with Crippen LogP contribution in [0.2, 0.25) is 0 Å². The second kappa shape index (κ2) is 12.0. The van der Waals surface area contributed by atoms with Crippen molar-refractivity contribution in [3.8, 4) is 22.8 Å². The van der Waals surface area contributed by atoms with E-state index in [0.717, 1.165) is 29.8 Å². The fourth-order valence-corrected chi connectivity index (χ4v) is 6.87. The molecule has 0 spiro atoms. The number of nitrogens with one attached hydrogen (secondary N) is 2. The summed E-state index contributed by atoms with van der Waals surface area (Å²) in [7, 11) is -0.586. The van der Waals surface area contributed by atoms with E-state index in [9.17, 15) is 13.2 Å². The van der Waals surface area contributed by atoms with Crippen LogP contribution in [0.3, 0.4) is 0 Å². The third kappa shape index (κ3) is 6.17. The molecule has 11 heteroatoms. The fraction of sp³-hybridized carbons (Fsp3) is 0.407. The summed E-state index contributed by atoms with van der Waals surface area (Å²) >= 11 is 0.